The predicted molar refractivity (Wildman–Crippen MR) is 106 cm³/mol. The highest BCUT2D eigenvalue weighted by atomic mass is 32.1. The van der Waals surface area contributed by atoms with Gasteiger partial charge < -0.3 is 19.7 Å². The van der Waals surface area contributed by atoms with Gasteiger partial charge in [-0.2, -0.15) is 0 Å². The number of likely N-dealkylation sites (tertiary alicyclic amines) is 1. The Labute approximate surface area is 167 Å². The fourth-order valence-electron chi connectivity index (χ4n) is 3.71. The number of hydrogen-bond acceptors (Lipinski definition) is 6. The second-order valence-corrected chi connectivity index (χ2v) is 8.25. The lowest BCUT2D eigenvalue weighted by molar-refractivity contribution is -0.136. The summed E-state index contributed by atoms with van der Waals surface area (Å²) >= 11 is 1.61. The van der Waals surface area contributed by atoms with Gasteiger partial charge in [-0.05, 0) is 37.0 Å². The van der Waals surface area contributed by atoms with Gasteiger partial charge in [0.2, 0.25) is 5.91 Å². The monoisotopic (exact) mass is 405 g/mol. The molecule has 150 valence electrons. The van der Waals surface area contributed by atoms with Crippen molar-refractivity contribution in [3.8, 4) is 17.0 Å². The summed E-state index contributed by atoms with van der Waals surface area (Å²) in [7, 11) is 1.54. The van der Waals surface area contributed by atoms with E-state index in [2.05, 4.69) is 5.32 Å². The van der Waals surface area contributed by atoms with Crippen LogP contribution in [0.15, 0.2) is 18.2 Å². The van der Waals surface area contributed by atoms with E-state index >= 15 is 0 Å². The minimum Gasteiger partial charge on any atom is -0.493 e. The molecule has 2 aromatic rings. The zero-order valence-electron chi connectivity index (χ0n) is 15.9. The van der Waals surface area contributed by atoms with E-state index in [1.165, 1.54) is 12.1 Å². The first-order chi connectivity index (χ1) is 13.6. The van der Waals surface area contributed by atoms with Crippen molar-refractivity contribution < 1.29 is 18.7 Å². The van der Waals surface area contributed by atoms with Gasteiger partial charge in [0, 0.05) is 43.6 Å². The van der Waals surface area contributed by atoms with E-state index in [0.717, 1.165) is 60.2 Å². The first-order valence-corrected chi connectivity index (χ1v) is 10.4. The van der Waals surface area contributed by atoms with Gasteiger partial charge in [0.05, 0.1) is 12.3 Å². The molecule has 28 heavy (non-hydrogen) atoms. The summed E-state index contributed by atoms with van der Waals surface area (Å²) in [5.74, 6) is 0.964. The van der Waals surface area contributed by atoms with Crippen molar-refractivity contribution in [2.24, 2.45) is 5.92 Å². The Bertz CT molecular complexity index is 849. The maximum absolute atomic E-state index is 13.7. The average molecular weight is 405 g/mol. The van der Waals surface area contributed by atoms with Crippen LogP contribution in [0.5, 0.6) is 5.75 Å². The number of amides is 1. The normalized spacial score (nSPS) is 16.7. The molecule has 8 heteroatoms. The van der Waals surface area contributed by atoms with Crippen LogP contribution in [0.3, 0.4) is 0 Å². The number of halogens is 1. The lowest BCUT2D eigenvalue weighted by atomic mass is 9.97. The van der Waals surface area contributed by atoms with E-state index in [-0.39, 0.29) is 18.3 Å². The van der Waals surface area contributed by atoms with Gasteiger partial charge >= 0.3 is 0 Å². The van der Waals surface area contributed by atoms with Crippen molar-refractivity contribution in [3.63, 3.8) is 0 Å². The molecule has 0 radical (unpaired) electrons. The van der Waals surface area contributed by atoms with E-state index in [0.29, 0.717) is 18.3 Å². The Morgan fingerprint density at radius 1 is 1.43 bits per heavy atom. The molecule has 1 N–H and O–H groups in total. The summed E-state index contributed by atoms with van der Waals surface area (Å²) < 4.78 is 24.4. The van der Waals surface area contributed by atoms with Gasteiger partial charge in [0.1, 0.15) is 18.2 Å². The van der Waals surface area contributed by atoms with Crippen molar-refractivity contribution in [3.05, 3.63) is 28.9 Å². The smallest absolute Gasteiger partial charge is 0.248 e. The summed E-state index contributed by atoms with van der Waals surface area (Å²) in [6.07, 6.45) is 2.70. The number of hydrogen-bond donors (Lipinski definition) is 1. The number of anilines is 1. The van der Waals surface area contributed by atoms with Crippen LogP contribution in [0.4, 0.5) is 9.52 Å². The van der Waals surface area contributed by atoms with Gasteiger partial charge in [-0.25, -0.2) is 9.37 Å². The molecule has 1 amide bonds. The highest BCUT2D eigenvalue weighted by Gasteiger charge is 2.24. The topological polar surface area (TPSA) is 63.7 Å². The minimum absolute atomic E-state index is 0.0608. The number of fused-ring (bicyclic) bond motifs is 3. The second-order valence-electron chi connectivity index (χ2n) is 7.17. The average Bonchev–Trinajstić information content (AvgIpc) is 3.03. The van der Waals surface area contributed by atoms with Crippen molar-refractivity contribution in [2.75, 3.05) is 45.3 Å². The molecule has 1 fully saturated rings. The lowest BCUT2D eigenvalue weighted by Gasteiger charge is -2.31. The number of nitrogens with zero attached hydrogens (tertiary/aromatic N) is 2. The Balaban J connectivity index is 1.38. The molecule has 2 aliphatic heterocycles. The number of ether oxygens (including phenoxy) is 2. The molecule has 0 bridgehead atoms. The SMILES string of the molecule is COCC(=O)N1CCC(CNc2nc3c(s2)CCOc2ccc(F)cc2-3)CC1. The van der Waals surface area contributed by atoms with Crippen LogP contribution in [0.2, 0.25) is 0 Å². The molecule has 0 atom stereocenters. The molecule has 0 unspecified atom stereocenters. The van der Waals surface area contributed by atoms with Gasteiger partial charge in [-0.15, -0.1) is 11.3 Å². The fraction of sp³-hybridized carbons (Fsp3) is 0.500. The highest BCUT2D eigenvalue weighted by molar-refractivity contribution is 7.16. The van der Waals surface area contributed by atoms with Crippen LogP contribution in [-0.4, -0.2) is 55.7 Å². The summed E-state index contributed by atoms with van der Waals surface area (Å²) in [4.78, 5) is 19.6. The van der Waals surface area contributed by atoms with E-state index in [1.54, 1.807) is 24.5 Å². The van der Waals surface area contributed by atoms with Crippen LogP contribution in [0.25, 0.3) is 11.3 Å². The Morgan fingerprint density at radius 2 is 2.25 bits per heavy atom. The second kappa shape index (κ2) is 8.45. The standard InChI is InChI=1S/C20H24FN3O3S/c1-26-12-18(25)24-7-4-13(5-8-24)11-22-20-23-19-15-10-14(21)2-3-16(15)27-9-6-17(19)28-20/h2-3,10,13H,4-9,11-12H2,1H3,(H,22,23). The molecule has 4 rings (SSSR count). The number of aromatic nitrogens is 1. The third-order valence-corrected chi connectivity index (χ3v) is 6.33. The largest absolute Gasteiger partial charge is 0.493 e. The van der Waals surface area contributed by atoms with Crippen molar-refractivity contribution in [2.45, 2.75) is 19.3 Å². The zero-order chi connectivity index (χ0) is 19.5. The molecule has 0 spiro atoms. The van der Waals surface area contributed by atoms with Crippen LogP contribution in [0, 0.1) is 11.7 Å². The third kappa shape index (κ3) is 4.12. The summed E-state index contributed by atoms with van der Waals surface area (Å²) in [6.45, 7) is 3.09. The van der Waals surface area contributed by atoms with Crippen molar-refractivity contribution in [1.82, 2.24) is 9.88 Å². The quantitative estimate of drug-likeness (QED) is 0.828. The van der Waals surface area contributed by atoms with Gasteiger partial charge in [0.25, 0.3) is 0 Å². The molecule has 1 aromatic heterocycles. The third-order valence-electron chi connectivity index (χ3n) is 5.26. The van der Waals surface area contributed by atoms with E-state index < -0.39 is 0 Å². The molecule has 6 nitrogen and oxygen atoms in total. The Morgan fingerprint density at radius 3 is 3.04 bits per heavy atom. The Kier molecular flexibility index (Phi) is 5.77. The summed E-state index contributed by atoms with van der Waals surface area (Å²) in [6, 6.07) is 4.58. The number of rotatable bonds is 5. The molecule has 1 aromatic carbocycles. The summed E-state index contributed by atoms with van der Waals surface area (Å²) in [5, 5.41) is 4.31. The van der Waals surface area contributed by atoms with Crippen LogP contribution in [-0.2, 0) is 16.0 Å². The molecular weight excluding hydrogens is 381 g/mol. The summed E-state index contributed by atoms with van der Waals surface area (Å²) in [5.41, 5.74) is 1.54. The predicted octanol–water partition coefficient (Wildman–Crippen LogP) is 3.18. The van der Waals surface area contributed by atoms with Crippen LogP contribution in [0.1, 0.15) is 17.7 Å². The fourth-order valence-corrected chi connectivity index (χ4v) is 4.67. The van der Waals surface area contributed by atoms with E-state index in [9.17, 15) is 9.18 Å². The maximum atomic E-state index is 13.7. The highest BCUT2D eigenvalue weighted by Crippen LogP contribution is 2.39. The Hall–Kier alpha value is -2.19. The number of methoxy groups -OCH3 is 1. The molecule has 0 aliphatic carbocycles. The van der Waals surface area contributed by atoms with E-state index in [4.69, 9.17) is 14.5 Å². The first kappa shape index (κ1) is 19.1. The molecule has 1 saturated heterocycles. The first-order valence-electron chi connectivity index (χ1n) is 9.57. The van der Waals surface area contributed by atoms with Crippen LogP contribution < -0.4 is 10.1 Å². The van der Waals surface area contributed by atoms with Gasteiger partial charge in [-0.3, -0.25) is 4.79 Å². The van der Waals surface area contributed by atoms with E-state index in [1.807, 2.05) is 4.90 Å². The number of benzene rings is 1. The number of thiazole rings is 1. The molecule has 3 heterocycles. The van der Waals surface area contributed by atoms with Gasteiger partial charge in [0.15, 0.2) is 5.13 Å². The zero-order valence-corrected chi connectivity index (χ0v) is 16.7. The number of carbonyl (C=O) groups excluding carboxylic acids is 1. The molecule has 0 saturated carbocycles. The lowest BCUT2D eigenvalue weighted by Crippen LogP contribution is -2.41. The number of carbonyl (C=O) groups is 1. The number of nitrogens with one attached hydrogen (secondary N) is 1. The molecule has 2 aliphatic rings. The van der Waals surface area contributed by atoms with Gasteiger partial charge in [-0.1, -0.05) is 0 Å². The molecular formula is C20H24FN3O3S. The van der Waals surface area contributed by atoms with Crippen LogP contribution >= 0.6 is 11.3 Å². The van der Waals surface area contributed by atoms with Crippen molar-refractivity contribution >= 4 is 22.4 Å². The maximum Gasteiger partial charge on any atom is 0.248 e. The minimum atomic E-state index is -0.285. The number of piperidine rings is 1. The van der Waals surface area contributed by atoms with Crippen molar-refractivity contribution in [1.29, 1.82) is 0 Å².